The van der Waals surface area contributed by atoms with Gasteiger partial charge in [-0.05, 0) is 0 Å². The fraction of sp³-hybridized carbons (Fsp3) is 0.667. The normalized spacial score (nSPS) is 19.7. The maximum atomic E-state index is 11.6. The highest BCUT2D eigenvalue weighted by Gasteiger charge is 2.47. The number of carbonyl (C=O) groups is 2. The first-order chi connectivity index (χ1) is 4.91. The molecule has 0 N–H and O–H groups in total. The second-order valence-electron chi connectivity index (χ2n) is 2.51. The van der Waals surface area contributed by atoms with Crippen LogP contribution in [0, 0.1) is 5.92 Å². The summed E-state index contributed by atoms with van der Waals surface area (Å²) in [4.78, 5) is 20.5. The third-order valence-electron chi connectivity index (χ3n) is 1.60. The molecule has 1 saturated carbocycles. The highest BCUT2D eigenvalue weighted by molar-refractivity contribution is 5.99. The molecule has 1 rings (SSSR count). The standard InChI is InChI=1S/C6H5F3O2/c7-6(8,9)5(11)3-1-4(10)2-3/h3H,1-2H2. The molecule has 0 amide bonds. The van der Waals surface area contributed by atoms with Crippen LogP contribution in [0.2, 0.25) is 0 Å². The predicted octanol–water partition coefficient (Wildman–Crippen LogP) is 1.10. The molecule has 0 aromatic carbocycles. The lowest BCUT2D eigenvalue weighted by Gasteiger charge is -2.23. The van der Waals surface area contributed by atoms with Gasteiger partial charge in [0.05, 0.1) is 0 Å². The van der Waals surface area contributed by atoms with Crippen LogP contribution >= 0.6 is 0 Å². The Labute approximate surface area is 60.4 Å². The number of hydrogen-bond acceptors (Lipinski definition) is 2. The third-order valence-corrected chi connectivity index (χ3v) is 1.60. The van der Waals surface area contributed by atoms with Crippen molar-refractivity contribution in [1.82, 2.24) is 0 Å². The molecule has 62 valence electrons. The maximum Gasteiger partial charge on any atom is 0.450 e. The van der Waals surface area contributed by atoms with Crippen molar-refractivity contribution < 1.29 is 22.8 Å². The summed E-state index contributed by atoms with van der Waals surface area (Å²) in [6, 6.07) is 0. The van der Waals surface area contributed by atoms with Crippen LogP contribution in [0.3, 0.4) is 0 Å². The van der Waals surface area contributed by atoms with Crippen LogP contribution in [-0.4, -0.2) is 17.7 Å². The molecule has 0 saturated heterocycles. The topological polar surface area (TPSA) is 34.1 Å². The van der Waals surface area contributed by atoms with Gasteiger partial charge in [0, 0.05) is 18.8 Å². The molecule has 0 spiro atoms. The van der Waals surface area contributed by atoms with E-state index in [-0.39, 0.29) is 18.6 Å². The fourth-order valence-corrected chi connectivity index (χ4v) is 0.907. The Morgan fingerprint density at radius 1 is 1.36 bits per heavy atom. The minimum atomic E-state index is -4.77. The van der Waals surface area contributed by atoms with E-state index in [9.17, 15) is 22.8 Å². The van der Waals surface area contributed by atoms with E-state index in [1.165, 1.54) is 0 Å². The number of rotatable bonds is 1. The Morgan fingerprint density at radius 3 is 2.09 bits per heavy atom. The molecule has 0 heterocycles. The van der Waals surface area contributed by atoms with E-state index < -0.39 is 17.9 Å². The summed E-state index contributed by atoms with van der Waals surface area (Å²) in [5.74, 6) is -3.13. The van der Waals surface area contributed by atoms with E-state index in [2.05, 4.69) is 0 Å². The van der Waals surface area contributed by atoms with Crippen molar-refractivity contribution in [3.05, 3.63) is 0 Å². The fourth-order valence-electron chi connectivity index (χ4n) is 0.907. The zero-order chi connectivity index (χ0) is 8.65. The molecule has 5 heteroatoms. The number of hydrogen-bond donors (Lipinski definition) is 0. The van der Waals surface area contributed by atoms with Crippen molar-refractivity contribution in [2.24, 2.45) is 5.92 Å². The quantitative estimate of drug-likeness (QED) is 0.584. The largest absolute Gasteiger partial charge is 0.450 e. The minimum absolute atomic E-state index is 0.238. The van der Waals surface area contributed by atoms with Crippen molar-refractivity contribution >= 4 is 11.6 Å². The predicted molar refractivity (Wildman–Crippen MR) is 28.8 cm³/mol. The van der Waals surface area contributed by atoms with Crippen molar-refractivity contribution in [2.45, 2.75) is 19.0 Å². The van der Waals surface area contributed by atoms with Crippen LogP contribution in [0.1, 0.15) is 12.8 Å². The molecule has 1 fully saturated rings. The monoisotopic (exact) mass is 166 g/mol. The van der Waals surface area contributed by atoms with Crippen LogP contribution < -0.4 is 0 Å². The summed E-state index contributed by atoms with van der Waals surface area (Å²) in [7, 11) is 0. The maximum absolute atomic E-state index is 11.6. The highest BCUT2D eigenvalue weighted by Crippen LogP contribution is 2.31. The lowest BCUT2D eigenvalue weighted by atomic mass is 9.81. The van der Waals surface area contributed by atoms with E-state index in [0.29, 0.717) is 0 Å². The zero-order valence-electron chi connectivity index (χ0n) is 5.44. The Hall–Kier alpha value is -0.870. The lowest BCUT2D eigenvalue weighted by Crippen LogP contribution is -2.38. The van der Waals surface area contributed by atoms with Gasteiger partial charge in [-0.1, -0.05) is 0 Å². The van der Waals surface area contributed by atoms with Crippen LogP contribution in [0.5, 0.6) is 0 Å². The van der Waals surface area contributed by atoms with E-state index in [1.54, 1.807) is 0 Å². The molecule has 0 aromatic rings. The summed E-state index contributed by atoms with van der Waals surface area (Å²) >= 11 is 0. The molecule has 1 aliphatic carbocycles. The first-order valence-corrected chi connectivity index (χ1v) is 3.04. The average molecular weight is 166 g/mol. The second kappa shape index (κ2) is 2.32. The Kier molecular flexibility index (Phi) is 1.74. The van der Waals surface area contributed by atoms with Crippen LogP contribution in [0.15, 0.2) is 0 Å². The van der Waals surface area contributed by atoms with E-state index in [1.807, 2.05) is 0 Å². The summed E-state index contributed by atoms with van der Waals surface area (Å²) in [5, 5.41) is 0. The average Bonchev–Trinajstić information content (AvgIpc) is 1.77. The second-order valence-corrected chi connectivity index (χ2v) is 2.51. The summed E-state index contributed by atoms with van der Waals surface area (Å²) in [5.41, 5.74) is 0. The highest BCUT2D eigenvalue weighted by atomic mass is 19.4. The minimum Gasteiger partial charge on any atom is -0.300 e. The number of Topliss-reactive ketones (excluding diaryl/α,β-unsaturated/α-hetero) is 2. The molecule has 11 heavy (non-hydrogen) atoms. The zero-order valence-corrected chi connectivity index (χ0v) is 5.44. The van der Waals surface area contributed by atoms with Gasteiger partial charge in [0.25, 0.3) is 0 Å². The lowest BCUT2D eigenvalue weighted by molar-refractivity contribution is -0.179. The van der Waals surface area contributed by atoms with Gasteiger partial charge < -0.3 is 0 Å². The van der Waals surface area contributed by atoms with Crippen molar-refractivity contribution in [2.75, 3.05) is 0 Å². The van der Waals surface area contributed by atoms with Gasteiger partial charge >= 0.3 is 6.18 Å². The molecule has 0 radical (unpaired) electrons. The molecule has 0 unspecified atom stereocenters. The first kappa shape index (κ1) is 8.23. The summed E-state index contributed by atoms with van der Waals surface area (Å²) < 4.78 is 34.8. The summed E-state index contributed by atoms with van der Waals surface area (Å²) in [6.45, 7) is 0. The van der Waals surface area contributed by atoms with Gasteiger partial charge in [0.2, 0.25) is 5.78 Å². The van der Waals surface area contributed by atoms with Gasteiger partial charge in [-0.3, -0.25) is 9.59 Å². The van der Waals surface area contributed by atoms with Crippen LogP contribution in [0.25, 0.3) is 0 Å². The van der Waals surface area contributed by atoms with Gasteiger partial charge in [-0.25, -0.2) is 0 Å². The van der Waals surface area contributed by atoms with Gasteiger partial charge in [0.15, 0.2) is 0 Å². The SMILES string of the molecule is O=C1CC(C(=O)C(F)(F)F)C1. The third kappa shape index (κ3) is 1.58. The van der Waals surface area contributed by atoms with Gasteiger partial charge in [0.1, 0.15) is 5.78 Å². The van der Waals surface area contributed by atoms with E-state index in [0.717, 1.165) is 0 Å². The summed E-state index contributed by atoms with van der Waals surface area (Å²) in [6.07, 6.45) is -5.25. The van der Waals surface area contributed by atoms with Crippen molar-refractivity contribution in [3.8, 4) is 0 Å². The molecular formula is C6H5F3O2. The molecule has 1 aliphatic rings. The molecule has 0 atom stereocenters. The van der Waals surface area contributed by atoms with Gasteiger partial charge in [-0.2, -0.15) is 13.2 Å². The van der Waals surface area contributed by atoms with Crippen LogP contribution in [0.4, 0.5) is 13.2 Å². The smallest absolute Gasteiger partial charge is 0.300 e. The molecule has 0 bridgehead atoms. The van der Waals surface area contributed by atoms with E-state index in [4.69, 9.17) is 0 Å². The Balaban J connectivity index is 2.51. The van der Waals surface area contributed by atoms with Crippen LogP contribution in [-0.2, 0) is 9.59 Å². The van der Waals surface area contributed by atoms with Crippen molar-refractivity contribution in [1.29, 1.82) is 0 Å². The molecule has 2 nitrogen and oxygen atoms in total. The molecular weight excluding hydrogens is 161 g/mol. The Morgan fingerprint density at radius 2 is 1.82 bits per heavy atom. The number of carbonyl (C=O) groups excluding carboxylic acids is 2. The number of ketones is 2. The molecule has 0 aromatic heterocycles. The van der Waals surface area contributed by atoms with Crippen molar-refractivity contribution in [3.63, 3.8) is 0 Å². The number of halogens is 3. The number of alkyl halides is 3. The Bertz CT molecular complexity index is 198. The molecule has 0 aliphatic heterocycles. The van der Waals surface area contributed by atoms with Gasteiger partial charge in [-0.15, -0.1) is 0 Å². The first-order valence-electron chi connectivity index (χ1n) is 3.04. The van der Waals surface area contributed by atoms with E-state index >= 15 is 0 Å².